The van der Waals surface area contributed by atoms with Crippen LogP contribution in [0.1, 0.15) is 25.5 Å². The predicted octanol–water partition coefficient (Wildman–Crippen LogP) is 2.07. The standard InChI is InChI=1S/C14H20N4O/c1-10(2)14-13(16-7-6-15)9-17-18(14)11-4-3-5-12(19)8-11/h3-5,8-10,16,19H,6-7,15H2,1-2H3. The lowest BCUT2D eigenvalue weighted by Gasteiger charge is -2.13. The van der Waals surface area contributed by atoms with E-state index < -0.39 is 0 Å². The van der Waals surface area contributed by atoms with Crippen LogP contribution in [0.2, 0.25) is 0 Å². The number of aromatic hydroxyl groups is 1. The second-order valence-electron chi connectivity index (χ2n) is 4.75. The summed E-state index contributed by atoms with van der Waals surface area (Å²) in [6, 6.07) is 7.08. The molecule has 0 bridgehead atoms. The maximum Gasteiger partial charge on any atom is 0.117 e. The van der Waals surface area contributed by atoms with E-state index >= 15 is 0 Å². The first-order chi connectivity index (χ1) is 9.13. The van der Waals surface area contributed by atoms with E-state index in [1.54, 1.807) is 18.3 Å². The van der Waals surface area contributed by atoms with Crippen molar-refractivity contribution in [2.24, 2.45) is 5.73 Å². The summed E-state index contributed by atoms with van der Waals surface area (Å²) < 4.78 is 1.85. The topological polar surface area (TPSA) is 76.1 Å². The summed E-state index contributed by atoms with van der Waals surface area (Å²) in [5, 5.41) is 17.3. The van der Waals surface area contributed by atoms with Crippen molar-refractivity contribution in [2.45, 2.75) is 19.8 Å². The van der Waals surface area contributed by atoms with Gasteiger partial charge in [-0.2, -0.15) is 5.10 Å². The number of hydrogen-bond donors (Lipinski definition) is 3. The van der Waals surface area contributed by atoms with Gasteiger partial charge in [0, 0.05) is 19.2 Å². The van der Waals surface area contributed by atoms with E-state index in [0.717, 1.165) is 17.1 Å². The van der Waals surface area contributed by atoms with Gasteiger partial charge in [0.1, 0.15) is 5.75 Å². The third-order valence-electron chi connectivity index (χ3n) is 2.89. The summed E-state index contributed by atoms with van der Waals surface area (Å²) in [5.74, 6) is 0.546. The molecule has 4 N–H and O–H groups in total. The Morgan fingerprint density at radius 2 is 2.21 bits per heavy atom. The number of phenolic OH excluding ortho intramolecular Hbond substituents is 1. The molecule has 2 aromatic rings. The summed E-state index contributed by atoms with van der Waals surface area (Å²) in [5.41, 5.74) is 8.44. The average Bonchev–Trinajstić information content (AvgIpc) is 2.80. The van der Waals surface area contributed by atoms with Crippen LogP contribution in [0.25, 0.3) is 5.69 Å². The summed E-state index contributed by atoms with van der Waals surface area (Å²) in [6.45, 7) is 5.52. The molecule has 0 aliphatic carbocycles. The first-order valence-corrected chi connectivity index (χ1v) is 6.44. The summed E-state index contributed by atoms with van der Waals surface area (Å²) >= 11 is 0. The maximum atomic E-state index is 9.58. The lowest BCUT2D eigenvalue weighted by Crippen LogP contribution is -2.14. The third kappa shape index (κ3) is 2.88. The molecule has 0 aliphatic heterocycles. The number of hydrogen-bond acceptors (Lipinski definition) is 4. The molecule has 5 heteroatoms. The van der Waals surface area contributed by atoms with Gasteiger partial charge in [-0.25, -0.2) is 4.68 Å². The van der Waals surface area contributed by atoms with Crippen LogP contribution in [0.4, 0.5) is 5.69 Å². The molecule has 5 nitrogen and oxygen atoms in total. The highest BCUT2D eigenvalue weighted by atomic mass is 16.3. The number of benzene rings is 1. The molecule has 0 spiro atoms. The smallest absolute Gasteiger partial charge is 0.117 e. The third-order valence-corrected chi connectivity index (χ3v) is 2.89. The van der Waals surface area contributed by atoms with Gasteiger partial charge < -0.3 is 16.2 Å². The van der Waals surface area contributed by atoms with Crippen molar-refractivity contribution < 1.29 is 5.11 Å². The number of phenols is 1. The number of nitrogens with two attached hydrogens (primary N) is 1. The van der Waals surface area contributed by atoms with E-state index in [0.29, 0.717) is 19.0 Å². The molecule has 0 unspecified atom stereocenters. The van der Waals surface area contributed by atoms with Crippen molar-refractivity contribution in [1.82, 2.24) is 9.78 Å². The Labute approximate surface area is 113 Å². The van der Waals surface area contributed by atoms with Crippen LogP contribution < -0.4 is 11.1 Å². The van der Waals surface area contributed by atoms with Gasteiger partial charge in [-0.1, -0.05) is 19.9 Å². The van der Waals surface area contributed by atoms with Crippen molar-refractivity contribution in [3.63, 3.8) is 0 Å². The minimum Gasteiger partial charge on any atom is -0.508 e. The molecular weight excluding hydrogens is 240 g/mol. The molecule has 102 valence electrons. The average molecular weight is 260 g/mol. The second kappa shape index (κ2) is 5.75. The highest BCUT2D eigenvalue weighted by Crippen LogP contribution is 2.27. The number of aromatic nitrogens is 2. The fourth-order valence-corrected chi connectivity index (χ4v) is 2.09. The van der Waals surface area contributed by atoms with Crippen molar-refractivity contribution in [1.29, 1.82) is 0 Å². The van der Waals surface area contributed by atoms with Gasteiger partial charge in [0.05, 0.1) is 23.3 Å². The number of rotatable bonds is 5. The Kier molecular flexibility index (Phi) is 4.06. The van der Waals surface area contributed by atoms with Crippen molar-refractivity contribution in [3.05, 3.63) is 36.2 Å². The lowest BCUT2D eigenvalue weighted by atomic mass is 10.1. The van der Waals surface area contributed by atoms with E-state index in [1.807, 2.05) is 16.8 Å². The van der Waals surface area contributed by atoms with Gasteiger partial charge in [-0.15, -0.1) is 0 Å². The molecule has 19 heavy (non-hydrogen) atoms. The molecule has 0 radical (unpaired) electrons. The molecule has 0 saturated heterocycles. The van der Waals surface area contributed by atoms with E-state index in [4.69, 9.17) is 5.73 Å². The fourth-order valence-electron chi connectivity index (χ4n) is 2.09. The zero-order chi connectivity index (χ0) is 13.8. The largest absolute Gasteiger partial charge is 0.508 e. The highest BCUT2D eigenvalue weighted by molar-refractivity contribution is 5.52. The quantitative estimate of drug-likeness (QED) is 0.769. The zero-order valence-corrected chi connectivity index (χ0v) is 11.3. The second-order valence-corrected chi connectivity index (χ2v) is 4.75. The first-order valence-electron chi connectivity index (χ1n) is 6.44. The van der Waals surface area contributed by atoms with Crippen molar-refractivity contribution in [3.8, 4) is 11.4 Å². The summed E-state index contributed by atoms with van der Waals surface area (Å²) in [7, 11) is 0. The van der Waals surface area contributed by atoms with Crippen LogP contribution in [-0.4, -0.2) is 28.0 Å². The molecule has 0 atom stereocenters. The van der Waals surface area contributed by atoms with Crippen LogP contribution in [0.5, 0.6) is 5.75 Å². The molecule has 2 rings (SSSR count). The SMILES string of the molecule is CC(C)c1c(NCCN)cnn1-c1cccc(O)c1. The van der Waals surface area contributed by atoms with Gasteiger partial charge in [-0.05, 0) is 18.1 Å². The summed E-state index contributed by atoms with van der Waals surface area (Å²) in [6.07, 6.45) is 1.80. The van der Waals surface area contributed by atoms with Gasteiger partial charge in [0.2, 0.25) is 0 Å². The van der Waals surface area contributed by atoms with Crippen molar-refractivity contribution in [2.75, 3.05) is 18.4 Å². The first kappa shape index (κ1) is 13.4. The van der Waals surface area contributed by atoms with Crippen LogP contribution in [-0.2, 0) is 0 Å². The molecule has 0 fully saturated rings. The Morgan fingerprint density at radius 3 is 2.84 bits per heavy atom. The van der Waals surface area contributed by atoms with E-state index in [-0.39, 0.29) is 5.75 Å². The van der Waals surface area contributed by atoms with Crippen LogP contribution >= 0.6 is 0 Å². The lowest BCUT2D eigenvalue weighted by molar-refractivity contribution is 0.474. The Hall–Kier alpha value is -2.01. The predicted molar refractivity (Wildman–Crippen MR) is 76.9 cm³/mol. The van der Waals surface area contributed by atoms with E-state index in [1.165, 1.54) is 0 Å². The Bertz CT molecular complexity index is 548. The van der Waals surface area contributed by atoms with Gasteiger partial charge in [-0.3, -0.25) is 0 Å². The molecule has 1 heterocycles. The Morgan fingerprint density at radius 1 is 1.42 bits per heavy atom. The minimum atomic E-state index is 0.235. The van der Waals surface area contributed by atoms with Crippen LogP contribution in [0, 0.1) is 0 Å². The van der Waals surface area contributed by atoms with Gasteiger partial charge >= 0.3 is 0 Å². The zero-order valence-electron chi connectivity index (χ0n) is 11.3. The summed E-state index contributed by atoms with van der Waals surface area (Å²) in [4.78, 5) is 0. The molecule has 1 aromatic carbocycles. The van der Waals surface area contributed by atoms with E-state index in [9.17, 15) is 5.11 Å². The number of nitrogens with zero attached hydrogens (tertiary/aromatic N) is 2. The molecule has 0 aliphatic rings. The van der Waals surface area contributed by atoms with Gasteiger partial charge in [0.15, 0.2) is 0 Å². The minimum absolute atomic E-state index is 0.235. The molecular formula is C14H20N4O. The number of nitrogens with one attached hydrogen (secondary N) is 1. The highest BCUT2D eigenvalue weighted by Gasteiger charge is 2.15. The van der Waals surface area contributed by atoms with Crippen molar-refractivity contribution >= 4 is 5.69 Å². The Balaban J connectivity index is 2.43. The molecule has 0 amide bonds. The monoisotopic (exact) mass is 260 g/mol. The fraction of sp³-hybridized carbons (Fsp3) is 0.357. The van der Waals surface area contributed by atoms with Crippen LogP contribution in [0.3, 0.4) is 0 Å². The van der Waals surface area contributed by atoms with Gasteiger partial charge in [0.25, 0.3) is 0 Å². The molecule has 0 saturated carbocycles. The van der Waals surface area contributed by atoms with Crippen LogP contribution in [0.15, 0.2) is 30.5 Å². The van der Waals surface area contributed by atoms with E-state index in [2.05, 4.69) is 24.3 Å². The normalized spacial score (nSPS) is 10.9. The maximum absolute atomic E-state index is 9.58. The molecule has 1 aromatic heterocycles. The number of anilines is 1.